The molecule has 1 aromatic carbocycles. The topological polar surface area (TPSA) is 35.5 Å². The zero-order valence-electron chi connectivity index (χ0n) is 13.0. The van der Waals surface area contributed by atoms with E-state index in [9.17, 15) is 5.11 Å². The van der Waals surface area contributed by atoms with Gasteiger partial charge in [0.25, 0.3) is 0 Å². The molecule has 0 radical (unpaired) electrons. The van der Waals surface area contributed by atoms with Gasteiger partial charge in [0.05, 0.1) is 12.1 Å². The van der Waals surface area contributed by atoms with Crippen molar-refractivity contribution in [2.45, 2.75) is 39.2 Å². The predicted octanol–water partition coefficient (Wildman–Crippen LogP) is 2.57. The molecule has 1 aliphatic carbocycles. The number of aliphatic hydroxyl groups is 1. The van der Waals surface area contributed by atoms with E-state index in [2.05, 4.69) is 55.3 Å². The number of likely N-dealkylation sites (N-methyl/N-ethyl adjacent to an activating group) is 2. The minimum absolute atomic E-state index is 0.143. The summed E-state index contributed by atoms with van der Waals surface area (Å²) in [5.41, 5.74) is 2.39. The largest absolute Gasteiger partial charge is 0.394 e. The lowest BCUT2D eigenvalue weighted by atomic mass is 9.92. The van der Waals surface area contributed by atoms with Crippen LogP contribution in [-0.2, 0) is 0 Å². The monoisotopic (exact) mass is 276 g/mol. The van der Waals surface area contributed by atoms with E-state index >= 15 is 0 Å². The summed E-state index contributed by atoms with van der Waals surface area (Å²) in [4.78, 5) is 2.37. The lowest BCUT2D eigenvalue weighted by Crippen LogP contribution is -2.58. The van der Waals surface area contributed by atoms with E-state index < -0.39 is 0 Å². The molecule has 1 saturated carbocycles. The molecule has 112 valence electrons. The second-order valence-corrected chi connectivity index (χ2v) is 5.97. The molecule has 2 rings (SSSR count). The van der Waals surface area contributed by atoms with Crippen molar-refractivity contribution >= 4 is 5.69 Å². The molecule has 0 bridgehead atoms. The molecule has 3 nitrogen and oxygen atoms in total. The Kier molecular flexibility index (Phi) is 5.06. The van der Waals surface area contributed by atoms with E-state index in [0.717, 1.165) is 19.6 Å². The number of rotatable bonds is 8. The number of hydrogen-bond acceptors (Lipinski definition) is 3. The molecule has 1 aliphatic rings. The number of aryl methyl sites for hydroxylation is 1. The maximum atomic E-state index is 9.96. The molecule has 3 heteroatoms. The van der Waals surface area contributed by atoms with Crippen molar-refractivity contribution in [2.24, 2.45) is 5.92 Å². The SMILES string of the molecule is CCNC(CO)(CN(CC)c1ccc(C)cc1)C1CC1. The average Bonchev–Trinajstić information content (AvgIpc) is 3.30. The second-order valence-electron chi connectivity index (χ2n) is 5.97. The summed E-state index contributed by atoms with van der Waals surface area (Å²) < 4.78 is 0. The van der Waals surface area contributed by atoms with Gasteiger partial charge in [-0.05, 0) is 51.3 Å². The Morgan fingerprint density at radius 3 is 2.35 bits per heavy atom. The zero-order valence-corrected chi connectivity index (χ0v) is 13.0. The Morgan fingerprint density at radius 1 is 1.25 bits per heavy atom. The summed E-state index contributed by atoms with van der Waals surface area (Å²) in [6, 6.07) is 8.67. The fraction of sp³-hybridized carbons (Fsp3) is 0.647. The average molecular weight is 276 g/mol. The summed E-state index contributed by atoms with van der Waals surface area (Å²) in [6.45, 7) is 9.37. The van der Waals surface area contributed by atoms with Gasteiger partial charge >= 0.3 is 0 Å². The second kappa shape index (κ2) is 6.59. The van der Waals surface area contributed by atoms with Crippen LogP contribution in [0.15, 0.2) is 24.3 Å². The lowest BCUT2D eigenvalue weighted by Gasteiger charge is -2.39. The Bertz CT molecular complexity index is 414. The maximum absolute atomic E-state index is 9.96. The van der Waals surface area contributed by atoms with E-state index in [1.807, 2.05) is 0 Å². The standard InChI is InChI=1S/C17H28N2O/c1-4-18-17(13-20,15-8-9-15)12-19(5-2)16-10-6-14(3)7-11-16/h6-7,10-11,15,18,20H,4-5,8-9,12-13H2,1-3H3. The van der Waals surface area contributed by atoms with Crippen LogP contribution in [0.3, 0.4) is 0 Å². The highest BCUT2D eigenvalue weighted by Crippen LogP contribution is 2.40. The number of benzene rings is 1. The van der Waals surface area contributed by atoms with Crippen molar-refractivity contribution in [2.75, 3.05) is 31.1 Å². The molecule has 0 aromatic heterocycles. The highest BCUT2D eigenvalue weighted by Gasteiger charge is 2.45. The third-order valence-electron chi connectivity index (χ3n) is 4.42. The van der Waals surface area contributed by atoms with Gasteiger partial charge in [-0.15, -0.1) is 0 Å². The minimum atomic E-state index is -0.143. The van der Waals surface area contributed by atoms with Crippen LogP contribution < -0.4 is 10.2 Å². The number of nitrogens with one attached hydrogen (secondary N) is 1. The normalized spacial score (nSPS) is 17.8. The predicted molar refractivity (Wildman–Crippen MR) is 85.3 cm³/mol. The molecule has 0 aliphatic heterocycles. The molecule has 0 saturated heterocycles. The Balaban J connectivity index is 2.16. The number of aliphatic hydroxyl groups excluding tert-OH is 1. The Morgan fingerprint density at radius 2 is 1.90 bits per heavy atom. The third-order valence-corrected chi connectivity index (χ3v) is 4.42. The van der Waals surface area contributed by atoms with Gasteiger partial charge in [-0.1, -0.05) is 24.6 Å². The quantitative estimate of drug-likeness (QED) is 0.766. The van der Waals surface area contributed by atoms with Gasteiger partial charge in [0.15, 0.2) is 0 Å². The first-order chi connectivity index (χ1) is 9.65. The summed E-state index contributed by atoms with van der Waals surface area (Å²) in [6.07, 6.45) is 2.47. The van der Waals surface area contributed by atoms with E-state index in [1.165, 1.54) is 24.1 Å². The van der Waals surface area contributed by atoms with E-state index in [4.69, 9.17) is 0 Å². The van der Waals surface area contributed by atoms with E-state index in [0.29, 0.717) is 5.92 Å². The van der Waals surface area contributed by atoms with Crippen molar-refractivity contribution < 1.29 is 5.11 Å². The highest BCUT2D eigenvalue weighted by atomic mass is 16.3. The Hall–Kier alpha value is -1.06. The van der Waals surface area contributed by atoms with Gasteiger partial charge in [-0.2, -0.15) is 0 Å². The van der Waals surface area contributed by atoms with E-state index in [-0.39, 0.29) is 12.1 Å². The van der Waals surface area contributed by atoms with Crippen molar-refractivity contribution in [3.63, 3.8) is 0 Å². The fourth-order valence-corrected chi connectivity index (χ4v) is 3.03. The van der Waals surface area contributed by atoms with Crippen LogP contribution in [0.4, 0.5) is 5.69 Å². The van der Waals surface area contributed by atoms with Crippen LogP contribution in [0.25, 0.3) is 0 Å². The smallest absolute Gasteiger partial charge is 0.0633 e. The van der Waals surface area contributed by atoms with Gasteiger partial charge in [0.1, 0.15) is 0 Å². The molecule has 0 amide bonds. The van der Waals surface area contributed by atoms with Crippen molar-refractivity contribution in [1.29, 1.82) is 0 Å². The first-order valence-corrected chi connectivity index (χ1v) is 7.82. The van der Waals surface area contributed by atoms with Crippen molar-refractivity contribution in [1.82, 2.24) is 5.32 Å². The molecule has 1 unspecified atom stereocenters. The molecule has 1 fully saturated rings. The van der Waals surface area contributed by atoms with Gasteiger partial charge in [0, 0.05) is 18.8 Å². The van der Waals surface area contributed by atoms with Crippen LogP contribution in [-0.4, -0.2) is 36.9 Å². The van der Waals surface area contributed by atoms with Crippen molar-refractivity contribution in [3.05, 3.63) is 29.8 Å². The van der Waals surface area contributed by atoms with Gasteiger partial charge < -0.3 is 15.3 Å². The zero-order chi connectivity index (χ0) is 14.6. The Labute approximate surface area is 123 Å². The number of anilines is 1. The summed E-state index contributed by atoms with van der Waals surface area (Å²) in [5, 5.41) is 13.5. The number of hydrogen-bond donors (Lipinski definition) is 2. The van der Waals surface area contributed by atoms with Gasteiger partial charge in [-0.25, -0.2) is 0 Å². The van der Waals surface area contributed by atoms with Crippen molar-refractivity contribution in [3.8, 4) is 0 Å². The first kappa shape index (κ1) is 15.3. The van der Waals surface area contributed by atoms with E-state index in [1.54, 1.807) is 0 Å². The molecule has 0 heterocycles. The lowest BCUT2D eigenvalue weighted by molar-refractivity contribution is 0.146. The minimum Gasteiger partial charge on any atom is -0.394 e. The van der Waals surface area contributed by atoms with Crippen LogP contribution in [0.5, 0.6) is 0 Å². The molecular weight excluding hydrogens is 248 g/mol. The number of nitrogens with zero attached hydrogens (tertiary/aromatic N) is 1. The maximum Gasteiger partial charge on any atom is 0.0633 e. The van der Waals surface area contributed by atoms with Gasteiger partial charge in [-0.3, -0.25) is 0 Å². The third kappa shape index (κ3) is 3.33. The summed E-state index contributed by atoms with van der Waals surface area (Å²) >= 11 is 0. The van der Waals surface area contributed by atoms with Crippen LogP contribution in [0.1, 0.15) is 32.3 Å². The van der Waals surface area contributed by atoms with Crippen LogP contribution >= 0.6 is 0 Å². The van der Waals surface area contributed by atoms with Crippen LogP contribution in [0.2, 0.25) is 0 Å². The molecule has 2 N–H and O–H groups in total. The molecule has 20 heavy (non-hydrogen) atoms. The summed E-state index contributed by atoms with van der Waals surface area (Å²) in [5.74, 6) is 0.618. The molecule has 1 atom stereocenters. The summed E-state index contributed by atoms with van der Waals surface area (Å²) in [7, 11) is 0. The first-order valence-electron chi connectivity index (χ1n) is 7.82. The fourth-order valence-electron chi connectivity index (χ4n) is 3.03. The molecule has 1 aromatic rings. The van der Waals surface area contributed by atoms with Crippen LogP contribution in [0, 0.1) is 12.8 Å². The van der Waals surface area contributed by atoms with Gasteiger partial charge in [0.2, 0.25) is 0 Å². The molecule has 0 spiro atoms. The molecular formula is C17H28N2O. The highest BCUT2D eigenvalue weighted by molar-refractivity contribution is 5.48.